The highest BCUT2D eigenvalue weighted by atomic mass is 32.2. The van der Waals surface area contributed by atoms with Gasteiger partial charge in [-0.25, -0.2) is 0 Å². The van der Waals surface area contributed by atoms with Gasteiger partial charge in [0.2, 0.25) is 0 Å². The third-order valence-electron chi connectivity index (χ3n) is 1.09. The van der Waals surface area contributed by atoms with Crippen molar-refractivity contribution in [3.05, 3.63) is 12.7 Å². The lowest BCUT2D eigenvalue weighted by Gasteiger charge is -2.15. The van der Waals surface area contributed by atoms with Gasteiger partial charge in [0.25, 0.3) is 0 Å². The molecule has 0 aromatic heterocycles. The maximum Gasteiger partial charge on any atom is 0.0599 e. The summed E-state index contributed by atoms with van der Waals surface area (Å²) >= 11 is 1.80. The molecule has 0 rings (SSSR count). The first kappa shape index (κ1) is 10.0. The predicted octanol–water partition coefficient (Wildman–Crippen LogP) is 2.07. The van der Waals surface area contributed by atoms with Crippen molar-refractivity contribution >= 4 is 11.8 Å². The summed E-state index contributed by atoms with van der Waals surface area (Å²) in [5, 5.41) is 9.28. The Morgan fingerprint density at radius 2 is 2.20 bits per heavy atom. The summed E-state index contributed by atoms with van der Waals surface area (Å²) < 4.78 is 0. The molecule has 0 aliphatic carbocycles. The maximum atomic E-state index is 9.28. The van der Waals surface area contributed by atoms with E-state index in [0.717, 1.165) is 17.9 Å². The van der Waals surface area contributed by atoms with Crippen LogP contribution in [-0.4, -0.2) is 22.2 Å². The van der Waals surface area contributed by atoms with Crippen molar-refractivity contribution in [1.82, 2.24) is 0 Å². The fourth-order valence-corrected chi connectivity index (χ4v) is 1.47. The molecule has 0 atom stereocenters. The number of hydrogen-bond acceptors (Lipinski definition) is 2. The van der Waals surface area contributed by atoms with Gasteiger partial charge in [-0.3, -0.25) is 0 Å². The Balaban J connectivity index is 3.12. The second kappa shape index (κ2) is 4.80. The fourth-order valence-electron chi connectivity index (χ4n) is 0.489. The summed E-state index contributed by atoms with van der Waals surface area (Å²) in [6.07, 6.45) is 2.74. The molecule has 0 heterocycles. The molecule has 0 aromatic rings. The highest BCUT2D eigenvalue weighted by Gasteiger charge is 2.10. The van der Waals surface area contributed by atoms with Crippen LogP contribution >= 0.6 is 11.8 Å². The van der Waals surface area contributed by atoms with Crippen LogP contribution in [0.1, 0.15) is 20.3 Å². The second-order valence-electron chi connectivity index (χ2n) is 2.93. The lowest BCUT2D eigenvalue weighted by molar-refractivity contribution is 0.0778. The number of thioether (sulfide) groups is 1. The molecule has 0 saturated carbocycles. The highest BCUT2D eigenvalue weighted by molar-refractivity contribution is 7.99. The Morgan fingerprint density at radius 3 is 2.60 bits per heavy atom. The average Bonchev–Trinajstić information content (AvgIpc) is 1.78. The molecule has 0 unspecified atom stereocenters. The molecule has 0 amide bonds. The Labute approximate surface area is 67.5 Å². The molecule has 0 bridgehead atoms. The Hall–Kier alpha value is 0.0500. The zero-order chi connectivity index (χ0) is 8.04. The summed E-state index contributed by atoms with van der Waals surface area (Å²) in [6.45, 7) is 7.28. The van der Waals surface area contributed by atoms with Crippen LogP contribution in [-0.2, 0) is 0 Å². The predicted molar refractivity (Wildman–Crippen MR) is 48.4 cm³/mol. The van der Waals surface area contributed by atoms with E-state index in [0.29, 0.717) is 0 Å². The molecule has 0 aliphatic heterocycles. The van der Waals surface area contributed by atoms with Crippen LogP contribution in [0, 0.1) is 0 Å². The van der Waals surface area contributed by atoms with Crippen molar-refractivity contribution in [3.63, 3.8) is 0 Å². The normalized spacial score (nSPS) is 11.5. The topological polar surface area (TPSA) is 20.2 Å². The molecule has 0 aromatic carbocycles. The molecular formula is C8H16OS. The standard InChI is InChI=1S/C8H16OS/c1-4-6-10-7-5-8(2,3)9/h4,9H,1,5-7H2,2-3H3. The van der Waals surface area contributed by atoms with Crippen LogP contribution in [0.5, 0.6) is 0 Å². The molecular weight excluding hydrogens is 144 g/mol. The third-order valence-corrected chi connectivity index (χ3v) is 2.06. The van der Waals surface area contributed by atoms with Gasteiger partial charge in [-0.15, -0.1) is 6.58 Å². The van der Waals surface area contributed by atoms with Crippen molar-refractivity contribution in [2.75, 3.05) is 11.5 Å². The highest BCUT2D eigenvalue weighted by Crippen LogP contribution is 2.12. The summed E-state index contributed by atoms with van der Waals surface area (Å²) in [6, 6.07) is 0. The molecule has 10 heavy (non-hydrogen) atoms. The molecule has 60 valence electrons. The van der Waals surface area contributed by atoms with Crippen molar-refractivity contribution in [2.45, 2.75) is 25.9 Å². The molecule has 0 fully saturated rings. The monoisotopic (exact) mass is 160 g/mol. The van der Waals surface area contributed by atoms with E-state index in [1.165, 1.54) is 0 Å². The number of rotatable bonds is 5. The smallest absolute Gasteiger partial charge is 0.0599 e. The molecule has 1 nitrogen and oxygen atoms in total. The van der Waals surface area contributed by atoms with Crippen LogP contribution < -0.4 is 0 Å². The minimum atomic E-state index is -0.506. The van der Waals surface area contributed by atoms with Gasteiger partial charge in [-0.1, -0.05) is 6.08 Å². The van der Waals surface area contributed by atoms with E-state index in [9.17, 15) is 5.11 Å². The summed E-state index contributed by atoms with van der Waals surface area (Å²) in [5.41, 5.74) is -0.506. The minimum absolute atomic E-state index is 0.506. The fraction of sp³-hybridized carbons (Fsp3) is 0.750. The first-order chi connectivity index (χ1) is 4.56. The van der Waals surface area contributed by atoms with Crippen molar-refractivity contribution in [1.29, 1.82) is 0 Å². The Kier molecular flexibility index (Phi) is 4.83. The van der Waals surface area contributed by atoms with Gasteiger partial charge in [-0.2, -0.15) is 11.8 Å². The van der Waals surface area contributed by atoms with E-state index in [1.807, 2.05) is 19.9 Å². The lowest BCUT2D eigenvalue weighted by atomic mass is 10.1. The molecule has 0 aliphatic rings. The van der Waals surface area contributed by atoms with Crippen LogP contribution in [0.25, 0.3) is 0 Å². The summed E-state index contributed by atoms with van der Waals surface area (Å²) in [7, 11) is 0. The lowest BCUT2D eigenvalue weighted by Crippen LogP contribution is -2.19. The van der Waals surface area contributed by atoms with E-state index in [-0.39, 0.29) is 0 Å². The summed E-state index contributed by atoms with van der Waals surface area (Å²) in [5.74, 6) is 1.99. The van der Waals surface area contributed by atoms with E-state index in [2.05, 4.69) is 6.58 Å². The molecule has 0 saturated heterocycles. The van der Waals surface area contributed by atoms with Gasteiger partial charge in [-0.05, 0) is 26.0 Å². The molecule has 2 heteroatoms. The molecule has 1 N–H and O–H groups in total. The van der Waals surface area contributed by atoms with Crippen molar-refractivity contribution in [2.24, 2.45) is 0 Å². The van der Waals surface area contributed by atoms with E-state index in [4.69, 9.17) is 0 Å². The Morgan fingerprint density at radius 1 is 1.60 bits per heavy atom. The summed E-state index contributed by atoms with van der Waals surface area (Å²) in [4.78, 5) is 0. The zero-order valence-corrected chi connectivity index (χ0v) is 7.58. The largest absolute Gasteiger partial charge is 0.390 e. The third kappa shape index (κ3) is 8.05. The van der Waals surface area contributed by atoms with Gasteiger partial charge in [0.05, 0.1) is 5.60 Å². The van der Waals surface area contributed by atoms with Gasteiger partial charge in [0, 0.05) is 5.75 Å². The first-order valence-corrected chi connectivity index (χ1v) is 4.63. The van der Waals surface area contributed by atoms with E-state index in [1.54, 1.807) is 11.8 Å². The minimum Gasteiger partial charge on any atom is -0.390 e. The maximum absolute atomic E-state index is 9.28. The number of hydrogen-bond donors (Lipinski definition) is 1. The average molecular weight is 160 g/mol. The zero-order valence-electron chi connectivity index (χ0n) is 6.76. The Bertz CT molecular complexity index is 93.9. The van der Waals surface area contributed by atoms with Crippen LogP contribution in [0.15, 0.2) is 12.7 Å². The van der Waals surface area contributed by atoms with Crippen LogP contribution in [0.3, 0.4) is 0 Å². The molecule has 0 radical (unpaired) electrons. The first-order valence-electron chi connectivity index (χ1n) is 3.47. The SMILES string of the molecule is C=CCSCCC(C)(C)O. The second-order valence-corrected chi connectivity index (χ2v) is 4.08. The van der Waals surface area contributed by atoms with Crippen molar-refractivity contribution in [3.8, 4) is 0 Å². The van der Waals surface area contributed by atoms with Crippen molar-refractivity contribution < 1.29 is 5.11 Å². The molecule has 0 spiro atoms. The quantitative estimate of drug-likeness (QED) is 0.491. The number of aliphatic hydroxyl groups is 1. The van der Waals surface area contributed by atoms with Gasteiger partial charge in [0.15, 0.2) is 0 Å². The van der Waals surface area contributed by atoms with Gasteiger partial charge >= 0.3 is 0 Å². The van der Waals surface area contributed by atoms with Gasteiger partial charge in [0.1, 0.15) is 0 Å². The van der Waals surface area contributed by atoms with E-state index < -0.39 is 5.60 Å². The van der Waals surface area contributed by atoms with Crippen LogP contribution in [0.4, 0.5) is 0 Å². The van der Waals surface area contributed by atoms with E-state index >= 15 is 0 Å². The van der Waals surface area contributed by atoms with Crippen LogP contribution in [0.2, 0.25) is 0 Å². The van der Waals surface area contributed by atoms with Gasteiger partial charge < -0.3 is 5.11 Å².